The Hall–Kier alpha value is -2.21. The third-order valence-electron chi connectivity index (χ3n) is 4.94. The Morgan fingerprint density at radius 2 is 1.93 bits per heavy atom. The van der Waals surface area contributed by atoms with E-state index < -0.39 is 0 Å². The molecule has 2 heterocycles. The molecule has 0 spiro atoms. The van der Waals surface area contributed by atoms with Gasteiger partial charge in [-0.05, 0) is 63.3 Å². The molecule has 1 aromatic carbocycles. The Bertz CT molecular complexity index is 880. The van der Waals surface area contributed by atoms with Crippen LogP contribution >= 0.6 is 11.8 Å². The number of hydrogen-bond acceptors (Lipinski definition) is 5. The van der Waals surface area contributed by atoms with E-state index in [0.29, 0.717) is 10.7 Å². The molecular weight excluding hydrogens is 358 g/mol. The van der Waals surface area contributed by atoms with Crippen LogP contribution in [-0.2, 0) is 4.79 Å². The number of aryl methyl sites for hydroxylation is 1. The molecule has 0 fully saturated rings. The summed E-state index contributed by atoms with van der Waals surface area (Å²) in [5.41, 5.74) is 3.15. The zero-order valence-electron chi connectivity index (χ0n) is 16.4. The van der Waals surface area contributed by atoms with Gasteiger partial charge in [0.2, 0.25) is 5.91 Å². The number of ketones is 1. The number of rotatable bonds is 4. The number of fused-ring (bicyclic) bond motifs is 1. The van der Waals surface area contributed by atoms with Crippen LogP contribution in [0, 0.1) is 6.92 Å². The molecule has 0 unspecified atom stereocenters. The van der Waals surface area contributed by atoms with Gasteiger partial charge < -0.3 is 4.90 Å². The fourth-order valence-corrected chi connectivity index (χ4v) is 4.62. The molecule has 1 atom stereocenters. The summed E-state index contributed by atoms with van der Waals surface area (Å²) in [6.45, 7) is 9.86. The fourth-order valence-electron chi connectivity index (χ4n) is 3.97. The lowest BCUT2D eigenvalue weighted by Gasteiger charge is -2.47. The summed E-state index contributed by atoms with van der Waals surface area (Å²) in [5.74, 6) is 0.461. The molecule has 1 aliphatic rings. The Balaban J connectivity index is 2.02. The molecule has 1 amide bonds. The number of Topliss-reactive ketones (excluding diaryl/α,β-unsaturated/α-hetero) is 1. The zero-order chi connectivity index (χ0) is 19.8. The maximum absolute atomic E-state index is 13.3. The van der Waals surface area contributed by atoms with Gasteiger partial charge in [0.1, 0.15) is 0 Å². The van der Waals surface area contributed by atoms with Crippen LogP contribution < -0.4 is 4.90 Å². The molecule has 0 bridgehead atoms. The summed E-state index contributed by atoms with van der Waals surface area (Å²) in [7, 11) is 0. The van der Waals surface area contributed by atoms with Crippen LogP contribution in [0.25, 0.3) is 0 Å². The van der Waals surface area contributed by atoms with Crippen molar-refractivity contribution in [3.8, 4) is 0 Å². The molecule has 2 aromatic rings. The molecule has 5 nitrogen and oxygen atoms in total. The van der Waals surface area contributed by atoms with Gasteiger partial charge in [0.05, 0.1) is 11.4 Å². The van der Waals surface area contributed by atoms with Gasteiger partial charge in [0, 0.05) is 23.5 Å². The Morgan fingerprint density at radius 3 is 2.56 bits per heavy atom. The number of carbonyl (C=O) groups excluding carboxylic acids is 2. The Labute approximate surface area is 164 Å². The minimum absolute atomic E-state index is 0.0169. The lowest BCUT2D eigenvalue weighted by Crippen LogP contribution is -2.53. The average molecular weight is 384 g/mol. The monoisotopic (exact) mass is 383 g/mol. The second-order valence-electron chi connectivity index (χ2n) is 7.77. The third kappa shape index (κ3) is 3.90. The molecule has 0 saturated carbocycles. The lowest BCUT2D eigenvalue weighted by atomic mass is 9.78. The van der Waals surface area contributed by atoms with Crippen LogP contribution in [0.1, 0.15) is 61.5 Å². The summed E-state index contributed by atoms with van der Waals surface area (Å²) in [6.07, 6.45) is 4.18. The lowest BCUT2D eigenvalue weighted by molar-refractivity contribution is -0.117. The zero-order valence-corrected chi connectivity index (χ0v) is 17.3. The number of nitrogens with zero attached hydrogens (tertiary/aromatic N) is 3. The van der Waals surface area contributed by atoms with Crippen LogP contribution in [0.4, 0.5) is 5.69 Å². The molecule has 3 rings (SSSR count). The Morgan fingerprint density at radius 1 is 1.26 bits per heavy atom. The number of thioether (sulfide) groups is 1. The number of aromatic nitrogens is 2. The van der Waals surface area contributed by atoms with Crippen molar-refractivity contribution in [3.05, 3.63) is 47.3 Å². The third-order valence-corrected chi connectivity index (χ3v) is 5.81. The van der Waals surface area contributed by atoms with Crippen molar-refractivity contribution in [1.82, 2.24) is 9.97 Å². The number of hydrogen-bond donors (Lipinski definition) is 0. The summed E-state index contributed by atoms with van der Waals surface area (Å²) < 4.78 is 0. The topological polar surface area (TPSA) is 63.2 Å². The van der Waals surface area contributed by atoms with Crippen LogP contribution in [0.15, 0.2) is 35.7 Å². The van der Waals surface area contributed by atoms with Crippen molar-refractivity contribution in [1.29, 1.82) is 0 Å². The van der Waals surface area contributed by atoms with Gasteiger partial charge in [-0.15, -0.1) is 0 Å². The summed E-state index contributed by atoms with van der Waals surface area (Å²) in [6, 6.07) is 5.75. The highest BCUT2D eigenvalue weighted by Gasteiger charge is 2.41. The first-order valence-electron chi connectivity index (χ1n) is 9.09. The summed E-state index contributed by atoms with van der Waals surface area (Å²) in [5, 5.41) is 0.574. The molecule has 6 heteroatoms. The van der Waals surface area contributed by atoms with E-state index in [-0.39, 0.29) is 28.9 Å². The van der Waals surface area contributed by atoms with E-state index in [2.05, 4.69) is 36.8 Å². The van der Waals surface area contributed by atoms with Crippen molar-refractivity contribution in [2.45, 2.75) is 57.7 Å². The largest absolute Gasteiger partial charge is 0.305 e. The van der Waals surface area contributed by atoms with Crippen molar-refractivity contribution < 1.29 is 9.59 Å². The van der Waals surface area contributed by atoms with Crippen LogP contribution in [0.2, 0.25) is 0 Å². The first-order chi connectivity index (χ1) is 12.7. The van der Waals surface area contributed by atoms with E-state index in [4.69, 9.17) is 0 Å². The van der Waals surface area contributed by atoms with Gasteiger partial charge in [-0.1, -0.05) is 24.8 Å². The SMILES string of the molecule is CC(=O)c1cc(C)cc2c1N(C(=O)CSc1ncccn1)C(C)(C)C[C@@H]2C. The minimum atomic E-state index is -0.374. The molecule has 142 valence electrons. The summed E-state index contributed by atoms with van der Waals surface area (Å²) >= 11 is 1.32. The standard InChI is InChI=1S/C21H25N3O2S/c1-13-9-16-14(2)11-21(4,5)24(19(16)17(10-13)15(3)25)18(26)12-27-20-22-7-6-8-23-20/h6-10,14H,11-12H2,1-5H3/t14-/m0/s1. The second kappa shape index (κ2) is 7.43. The van der Waals surface area contributed by atoms with Crippen molar-refractivity contribution in [2.75, 3.05) is 10.7 Å². The van der Waals surface area contributed by atoms with Gasteiger partial charge in [0.15, 0.2) is 10.9 Å². The molecule has 0 aliphatic carbocycles. The highest BCUT2D eigenvalue weighted by molar-refractivity contribution is 7.99. The molecule has 0 N–H and O–H groups in total. The summed E-state index contributed by atoms with van der Waals surface area (Å²) in [4.78, 5) is 35.8. The molecule has 1 aliphatic heterocycles. The predicted octanol–water partition coefficient (Wildman–Crippen LogP) is 4.40. The maximum Gasteiger partial charge on any atom is 0.237 e. The highest BCUT2D eigenvalue weighted by atomic mass is 32.2. The number of anilines is 1. The fraction of sp³-hybridized carbons (Fsp3) is 0.429. The number of benzene rings is 1. The van der Waals surface area contributed by atoms with E-state index >= 15 is 0 Å². The van der Waals surface area contributed by atoms with Gasteiger partial charge in [0.25, 0.3) is 0 Å². The van der Waals surface area contributed by atoms with Crippen LogP contribution in [-0.4, -0.2) is 33.0 Å². The number of carbonyl (C=O) groups is 2. The molecule has 1 aromatic heterocycles. The van der Waals surface area contributed by atoms with Gasteiger partial charge in [-0.3, -0.25) is 9.59 Å². The van der Waals surface area contributed by atoms with Crippen LogP contribution in [0.5, 0.6) is 0 Å². The van der Waals surface area contributed by atoms with E-state index in [1.807, 2.05) is 17.9 Å². The molecule has 0 saturated heterocycles. The smallest absolute Gasteiger partial charge is 0.237 e. The van der Waals surface area contributed by atoms with Crippen molar-refractivity contribution >= 4 is 29.1 Å². The number of amides is 1. The van der Waals surface area contributed by atoms with Crippen molar-refractivity contribution in [2.24, 2.45) is 0 Å². The van der Waals surface area contributed by atoms with Gasteiger partial charge in [-0.2, -0.15) is 0 Å². The normalized spacial score (nSPS) is 18.1. The van der Waals surface area contributed by atoms with E-state index in [0.717, 1.165) is 23.2 Å². The minimum Gasteiger partial charge on any atom is -0.305 e. The van der Waals surface area contributed by atoms with E-state index in [1.165, 1.54) is 11.8 Å². The van der Waals surface area contributed by atoms with Gasteiger partial charge >= 0.3 is 0 Å². The molecular formula is C21H25N3O2S. The molecule has 0 radical (unpaired) electrons. The average Bonchev–Trinajstić information content (AvgIpc) is 2.60. The quantitative estimate of drug-likeness (QED) is 0.445. The van der Waals surface area contributed by atoms with E-state index in [1.54, 1.807) is 25.4 Å². The highest BCUT2D eigenvalue weighted by Crippen LogP contribution is 2.46. The molecule has 27 heavy (non-hydrogen) atoms. The van der Waals surface area contributed by atoms with Crippen LogP contribution in [0.3, 0.4) is 0 Å². The van der Waals surface area contributed by atoms with Gasteiger partial charge in [-0.25, -0.2) is 9.97 Å². The van der Waals surface area contributed by atoms with Crippen molar-refractivity contribution in [3.63, 3.8) is 0 Å². The Kier molecular flexibility index (Phi) is 5.38. The second-order valence-corrected chi connectivity index (χ2v) is 8.72. The first-order valence-corrected chi connectivity index (χ1v) is 10.1. The predicted molar refractivity (Wildman–Crippen MR) is 109 cm³/mol. The van der Waals surface area contributed by atoms with E-state index in [9.17, 15) is 9.59 Å². The maximum atomic E-state index is 13.3. The first kappa shape index (κ1) is 19.5.